The van der Waals surface area contributed by atoms with Crippen molar-refractivity contribution in [3.8, 4) is 0 Å². The molecule has 0 spiro atoms. The van der Waals surface area contributed by atoms with Crippen LogP contribution in [-0.2, 0) is 0 Å². The average molecular weight is 322 g/mol. The third-order valence-electron chi connectivity index (χ3n) is 3.17. The summed E-state index contributed by atoms with van der Waals surface area (Å²) < 4.78 is 0.808. The number of halogens is 1. The highest BCUT2D eigenvalue weighted by molar-refractivity contribution is 9.10. The molecule has 2 aromatic heterocycles. The van der Waals surface area contributed by atoms with Crippen molar-refractivity contribution in [2.45, 2.75) is 12.5 Å². The molecule has 1 aliphatic heterocycles. The highest BCUT2D eigenvalue weighted by atomic mass is 79.9. The summed E-state index contributed by atoms with van der Waals surface area (Å²) in [5.41, 5.74) is 0.600. The van der Waals surface area contributed by atoms with Gasteiger partial charge in [-0.25, -0.2) is 0 Å². The molecule has 1 aliphatic rings. The van der Waals surface area contributed by atoms with Gasteiger partial charge >= 0.3 is 0 Å². The summed E-state index contributed by atoms with van der Waals surface area (Å²) in [6.07, 6.45) is 7.44. The molecule has 1 amide bonds. The van der Waals surface area contributed by atoms with Crippen molar-refractivity contribution in [2.24, 2.45) is 0 Å². The van der Waals surface area contributed by atoms with E-state index in [9.17, 15) is 4.79 Å². The third-order valence-corrected chi connectivity index (χ3v) is 3.60. The molecule has 2 aromatic rings. The fraction of sp³-hybridized carbons (Fsp3) is 0.333. The smallest absolute Gasteiger partial charge is 0.255 e. The lowest BCUT2D eigenvalue weighted by Gasteiger charge is -2.16. The van der Waals surface area contributed by atoms with Crippen LogP contribution in [0.3, 0.4) is 0 Å². The number of carbonyl (C=O) groups is 1. The van der Waals surface area contributed by atoms with E-state index in [-0.39, 0.29) is 11.9 Å². The zero-order chi connectivity index (χ0) is 13.2. The van der Waals surface area contributed by atoms with Gasteiger partial charge < -0.3 is 4.90 Å². The summed E-state index contributed by atoms with van der Waals surface area (Å²) in [5.74, 6) is 0.00320. The van der Waals surface area contributed by atoms with E-state index in [0.29, 0.717) is 12.1 Å². The largest absolute Gasteiger partial charge is 0.336 e. The quantitative estimate of drug-likeness (QED) is 0.841. The number of pyridine rings is 1. The molecular formula is C12H12BrN5O. The first-order chi connectivity index (χ1) is 9.24. The SMILES string of the molecule is O=C(c1cncc(Br)c1)N1CCC(n2nccn2)C1. The number of amides is 1. The molecule has 1 saturated heterocycles. The van der Waals surface area contributed by atoms with Crippen LogP contribution < -0.4 is 0 Å². The maximum Gasteiger partial charge on any atom is 0.255 e. The van der Waals surface area contributed by atoms with Crippen molar-refractivity contribution in [1.82, 2.24) is 24.9 Å². The Balaban J connectivity index is 1.73. The van der Waals surface area contributed by atoms with Gasteiger partial charge in [0, 0.05) is 30.0 Å². The maximum absolute atomic E-state index is 12.3. The minimum Gasteiger partial charge on any atom is -0.336 e. The van der Waals surface area contributed by atoms with Gasteiger partial charge in [-0.1, -0.05) is 0 Å². The highest BCUT2D eigenvalue weighted by Crippen LogP contribution is 2.22. The van der Waals surface area contributed by atoms with E-state index < -0.39 is 0 Å². The van der Waals surface area contributed by atoms with Gasteiger partial charge in [0.25, 0.3) is 5.91 Å². The monoisotopic (exact) mass is 321 g/mol. The molecule has 98 valence electrons. The van der Waals surface area contributed by atoms with Crippen molar-refractivity contribution >= 4 is 21.8 Å². The van der Waals surface area contributed by atoms with Gasteiger partial charge in [0.05, 0.1) is 24.0 Å². The molecule has 7 heteroatoms. The van der Waals surface area contributed by atoms with Gasteiger partial charge in [0.2, 0.25) is 0 Å². The van der Waals surface area contributed by atoms with Gasteiger partial charge in [-0.15, -0.1) is 0 Å². The molecule has 0 aliphatic carbocycles. The van der Waals surface area contributed by atoms with E-state index in [0.717, 1.165) is 17.4 Å². The van der Waals surface area contributed by atoms with Crippen LogP contribution in [0.4, 0.5) is 0 Å². The number of nitrogens with zero attached hydrogens (tertiary/aromatic N) is 5. The Hall–Kier alpha value is -1.76. The summed E-state index contributed by atoms with van der Waals surface area (Å²) in [7, 11) is 0. The molecular weight excluding hydrogens is 310 g/mol. The molecule has 0 bridgehead atoms. The Morgan fingerprint density at radius 3 is 2.84 bits per heavy atom. The second kappa shape index (κ2) is 5.08. The number of carbonyl (C=O) groups excluding carboxylic acids is 1. The molecule has 1 unspecified atom stereocenters. The first-order valence-corrected chi connectivity index (χ1v) is 6.79. The minimum atomic E-state index is 0.00320. The highest BCUT2D eigenvalue weighted by Gasteiger charge is 2.29. The maximum atomic E-state index is 12.3. The Labute approximate surface area is 118 Å². The summed E-state index contributed by atoms with van der Waals surface area (Å²) >= 11 is 3.33. The van der Waals surface area contributed by atoms with E-state index >= 15 is 0 Å². The first-order valence-electron chi connectivity index (χ1n) is 5.99. The van der Waals surface area contributed by atoms with Crippen LogP contribution >= 0.6 is 15.9 Å². The van der Waals surface area contributed by atoms with E-state index in [2.05, 4.69) is 31.1 Å². The molecule has 0 radical (unpaired) electrons. The number of likely N-dealkylation sites (tertiary alicyclic amines) is 1. The first kappa shape index (κ1) is 12.3. The van der Waals surface area contributed by atoms with E-state index in [4.69, 9.17) is 0 Å². The predicted molar refractivity (Wildman–Crippen MR) is 71.5 cm³/mol. The topological polar surface area (TPSA) is 63.9 Å². The van der Waals surface area contributed by atoms with Crippen LogP contribution in [-0.4, -0.2) is 43.9 Å². The number of hydrogen-bond donors (Lipinski definition) is 0. The third kappa shape index (κ3) is 2.51. The van der Waals surface area contributed by atoms with Crippen LogP contribution in [0.25, 0.3) is 0 Å². The van der Waals surface area contributed by atoms with Gasteiger partial charge in [-0.2, -0.15) is 15.0 Å². The zero-order valence-corrected chi connectivity index (χ0v) is 11.7. The van der Waals surface area contributed by atoms with Crippen LogP contribution in [0.15, 0.2) is 35.3 Å². The van der Waals surface area contributed by atoms with Gasteiger partial charge in [0.15, 0.2) is 0 Å². The lowest BCUT2D eigenvalue weighted by molar-refractivity contribution is 0.0785. The van der Waals surface area contributed by atoms with Crippen molar-refractivity contribution in [3.63, 3.8) is 0 Å². The van der Waals surface area contributed by atoms with Crippen LogP contribution in [0.1, 0.15) is 22.8 Å². The standard InChI is InChI=1S/C12H12BrN5O/c13-10-5-9(6-14-7-10)12(19)17-4-1-11(8-17)18-15-2-3-16-18/h2-3,5-7,11H,1,4,8H2. The van der Waals surface area contributed by atoms with Crippen molar-refractivity contribution in [3.05, 3.63) is 40.9 Å². The average Bonchev–Trinajstić information content (AvgIpc) is 3.08. The van der Waals surface area contributed by atoms with E-state index in [1.54, 1.807) is 35.7 Å². The number of hydrogen-bond acceptors (Lipinski definition) is 4. The fourth-order valence-corrected chi connectivity index (χ4v) is 2.61. The number of aromatic nitrogens is 4. The number of rotatable bonds is 2. The van der Waals surface area contributed by atoms with Crippen molar-refractivity contribution in [2.75, 3.05) is 13.1 Å². The Morgan fingerprint density at radius 1 is 1.32 bits per heavy atom. The second-order valence-electron chi connectivity index (χ2n) is 4.43. The zero-order valence-electron chi connectivity index (χ0n) is 10.1. The van der Waals surface area contributed by atoms with Crippen LogP contribution in [0.2, 0.25) is 0 Å². The van der Waals surface area contributed by atoms with Crippen molar-refractivity contribution in [1.29, 1.82) is 0 Å². The molecule has 0 N–H and O–H groups in total. The summed E-state index contributed by atoms with van der Waals surface area (Å²) in [5, 5.41) is 8.25. The summed E-state index contributed by atoms with van der Waals surface area (Å²) in [4.78, 5) is 19.8. The molecule has 6 nitrogen and oxygen atoms in total. The fourth-order valence-electron chi connectivity index (χ4n) is 2.24. The minimum absolute atomic E-state index is 0.00320. The van der Waals surface area contributed by atoms with Crippen molar-refractivity contribution < 1.29 is 4.79 Å². The Kier molecular flexibility index (Phi) is 3.29. The summed E-state index contributed by atoms with van der Waals surface area (Å²) in [6.45, 7) is 1.36. The molecule has 0 saturated carbocycles. The van der Waals surface area contributed by atoms with E-state index in [1.165, 1.54) is 0 Å². The predicted octanol–water partition coefficient (Wildman–Crippen LogP) is 1.52. The normalized spacial score (nSPS) is 18.8. The van der Waals surface area contributed by atoms with E-state index in [1.807, 2.05) is 4.90 Å². The molecule has 1 fully saturated rings. The lowest BCUT2D eigenvalue weighted by Crippen LogP contribution is -2.29. The Morgan fingerprint density at radius 2 is 2.11 bits per heavy atom. The van der Waals surface area contributed by atoms with Gasteiger partial charge in [-0.3, -0.25) is 9.78 Å². The van der Waals surface area contributed by atoms with Gasteiger partial charge in [0.1, 0.15) is 0 Å². The lowest BCUT2D eigenvalue weighted by atomic mass is 10.2. The Bertz CT molecular complexity index is 586. The van der Waals surface area contributed by atoms with Crippen LogP contribution in [0.5, 0.6) is 0 Å². The molecule has 3 heterocycles. The molecule has 1 atom stereocenters. The van der Waals surface area contributed by atoms with Crippen LogP contribution in [0, 0.1) is 0 Å². The molecule has 0 aromatic carbocycles. The molecule has 19 heavy (non-hydrogen) atoms. The summed E-state index contributed by atoms with van der Waals surface area (Å²) in [6, 6.07) is 1.95. The molecule has 3 rings (SSSR count). The second-order valence-corrected chi connectivity index (χ2v) is 5.35. The van der Waals surface area contributed by atoms with Gasteiger partial charge in [-0.05, 0) is 28.4 Å².